The van der Waals surface area contributed by atoms with Gasteiger partial charge in [-0.05, 0) is 61.7 Å². The van der Waals surface area contributed by atoms with E-state index < -0.39 is 6.04 Å². The van der Waals surface area contributed by atoms with E-state index in [2.05, 4.69) is 5.32 Å². The van der Waals surface area contributed by atoms with Gasteiger partial charge in [-0.15, -0.1) is 0 Å². The summed E-state index contributed by atoms with van der Waals surface area (Å²) in [4.78, 5) is 27.4. The minimum atomic E-state index is -0.640. The summed E-state index contributed by atoms with van der Waals surface area (Å²) >= 11 is 5.96. The smallest absolute Gasteiger partial charge is 0.261 e. The molecular weight excluding hydrogens is 407 g/mol. The van der Waals surface area contributed by atoms with Gasteiger partial charge in [0.2, 0.25) is 5.91 Å². The Balaban J connectivity index is 2.19. The predicted octanol–water partition coefficient (Wildman–Crippen LogP) is 4.58. The Bertz CT molecular complexity index is 827. The Morgan fingerprint density at radius 3 is 2.27 bits per heavy atom. The van der Waals surface area contributed by atoms with Crippen LogP contribution in [0.1, 0.15) is 39.2 Å². The van der Waals surface area contributed by atoms with E-state index in [1.165, 1.54) is 29.2 Å². The van der Waals surface area contributed by atoms with Gasteiger partial charge in [0.1, 0.15) is 17.6 Å². The summed E-state index contributed by atoms with van der Waals surface area (Å²) in [5.74, 6) is -0.532. The van der Waals surface area contributed by atoms with Crippen LogP contribution < -0.4 is 10.1 Å². The molecule has 0 spiro atoms. The molecule has 0 aliphatic heterocycles. The fraction of sp³-hybridized carbons (Fsp3) is 0.391. The summed E-state index contributed by atoms with van der Waals surface area (Å²) in [6, 6.07) is 11.9. The van der Waals surface area contributed by atoms with Gasteiger partial charge in [0.15, 0.2) is 6.61 Å². The van der Waals surface area contributed by atoms with Crippen molar-refractivity contribution in [1.82, 2.24) is 10.2 Å². The van der Waals surface area contributed by atoms with Crippen molar-refractivity contribution in [3.05, 3.63) is 64.9 Å². The number of ether oxygens (including phenoxy) is 1. The number of nitrogens with one attached hydrogen (secondary N) is 1. The van der Waals surface area contributed by atoms with E-state index in [4.69, 9.17) is 16.3 Å². The van der Waals surface area contributed by atoms with Crippen molar-refractivity contribution in [2.24, 2.45) is 0 Å². The number of rotatable bonds is 10. The minimum Gasteiger partial charge on any atom is -0.484 e. The van der Waals surface area contributed by atoms with Gasteiger partial charge >= 0.3 is 0 Å². The Kier molecular flexibility index (Phi) is 9.12. The maximum Gasteiger partial charge on any atom is 0.261 e. The van der Waals surface area contributed by atoms with E-state index in [1.807, 2.05) is 32.9 Å². The van der Waals surface area contributed by atoms with E-state index in [-0.39, 0.29) is 36.8 Å². The first-order valence-electron chi connectivity index (χ1n) is 10.1. The Morgan fingerprint density at radius 2 is 1.70 bits per heavy atom. The molecule has 0 aromatic heterocycles. The topological polar surface area (TPSA) is 58.6 Å². The van der Waals surface area contributed by atoms with Crippen LogP contribution in [0.3, 0.4) is 0 Å². The van der Waals surface area contributed by atoms with Crippen LogP contribution in [0.4, 0.5) is 4.39 Å². The molecule has 0 heterocycles. The highest BCUT2D eigenvalue weighted by atomic mass is 35.5. The molecule has 0 radical (unpaired) electrons. The van der Waals surface area contributed by atoms with E-state index in [9.17, 15) is 14.0 Å². The molecule has 2 amide bonds. The first-order valence-corrected chi connectivity index (χ1v) is 10.4. The Hall–Kier alpha value is -2.60. The number of nitrogens with zero attached hydrogens (tertiary/aromatic N) is 1. The van der Waals surface area contributed by atoms with Gasteiger partial charge in [-0.2, -0.15) is 0 Å². The molecular formula is C23H28ClFN2O3. The number of hydrogen-bond donors (Lipinski definition) is 1. The molecule has 2 atom stereocenters. The summed E-state index contributed by atoms with van der Waals surface area (Å²) in [6.07, 6.45) is 1.25. The standard InChI is InChI=1S/C23H28ClFN2O3/c1-4-16(3)26-23(29)21(5-2)27(14-17-6-8-18(24)9-7-17)22(28)15-30-20-12-10-19(25)11-13-20/h6-13,16,21H,4-5,14-15H2,1-3H3,(H,26,29)/t16-,21-/m0/s1. The van der Waals surface area contributed by atoms with Crippen LogP contribution in [-0.2, 0) is 16.1 Å². The quantitative estimate of drug-likeness (QED) is 0.595. The molecule has 1 N–H and O–H groups in total. The molecule has 30 heavy (non-hydrogen) atoms. The van der Waals surface area contributed by atoms with Crippen molar-refractivity contribution in [2.75, 3.05) is 6.61 Å². The summed E-state index contributed by atoms with van der Waals surface area (Å²) in [5.41, 5.74) is 0.851. The lowest BCUT2D eigenvalue weighted by Crippen LogP contribution is -2.51. The first-order chi connectivity index (χ1) is 14.3. The summed E-state index contributed by atoms with van der Waals surface area (Å²) in [6.45, 7) is 5.76. The molecule has 0 saturated heterocycles. The zero-order valence-electron chi connectivity index (χ0n) is 17.5. The number of halogens is 2. The molecule has 2 aromatic carbocycles. The second-order valence-corrected chi connectivity index (χ2v) is 7.57. The highest BCUT2D eigenvalue weighted by Crippen LogP contribution is 2.17. The van der Waals surface area contributed by atoms with Crippen LogP contribution in [0.2, 0.25) is 5.02 Å². The number of carbonyl (C=O) groups is 2. The fourth-order valence-corrected chi connectivity index (χ4v) is 3.03. The first kappa shape index (κ1) is 23.7. The van der Waals surface area contributed by atoms with Gasteiger partial charge in [-0.3, -0.25) is 9.59 Å². The summed E-state index contributed by atoms with van der Waals surface area (Å²) < 4.78 is 18.6. The molecule has 0 bridgehead atoms. The third-order valence-electron chi connectivity index (χ3n) is 4.83. The lowest BCUT2D eigenvalue weighted by atomic mass is 10.1. The van der Waals surface area contributed by atoms with Gasteiger partial charge < -0.3 is 15.0 Å². The van der Waals surface area contributed by atoms with Crippen LogP contribution in [0.15, 0.2) is 48.5 Å². The van der Waals surface area contributed by atoms with E-state index in [0.29, 0.717) is 17.2 Å². The Morgan fingerprint density at radius 1 is 1.07 bits per heavy atom. The molecule has 0 fully saturated rings. The van der Waals surface area contributed by atoms with Crippen molar-refractivity contribution >= 4 is 23.4 Å². The van der Waals surface area contributed by atoms with Crippen molar-refractivity contribution in [3.8, 4) is 5.75 Å². The number of carbonyl (C=O) groups excluding carboxylic acids is 2. The minimum absolute atomic E-state index is 0.00880. The maximum absolute atomic E-state index is 13.1. The number of amides is 2. The van der Waals surface area contributed by atoms with Gasteiger partial charge in [-0.1, -0.05) is 37.6 Å². The molecule has 0 saturated carbocycles. The van der Waals surface area contributed by atoms with Crippen LogP contribution >= 0.6 is 11.6 Å². The Labute approximate surface area is 182 Å². The highest BCUT2D eigenvalue weighted by molar-refractivity contribution is 6.30. The van der Waals surface area contributed by atoms with Crippen LogP contribution in [-0.4, -0.2) is 35.4 Å². The van der Waals surface area contributed by atoms with Crippen LogP contribution in [0, 0.1) is 5.82 Å². The average molecular weight is 435 g/mol. The third-order valence-corrected chi connectivity index (χ3v) is 5.08. The van der Waals surface area contributed by atoms with Crippen molar-refractivity contribution in [1.29, 1.82) is 0 Å². The van der Waals surface area contributed by atoms with Crippen molar-refractivity contribution in [3.63, 3.8) is 0 Å². The van der Waals surface area contributed by atoms with E-state index in [0.717, 1.165) is 12.0 Å². The van der Waals surface area contributed by atoms with E-state index >= 15 is 0 Å². The monoisotopic (exact) mass is 434 g/mol. The summed E-state index contributed by atoms with van der Waals surface area (Å²) in [7, 11) is 0. The largest absolute Gasteiger partial charge is 0.484 e. The molecule has 0 unspecified atom stereocenters. The van der Waals surface area contributed by atoms with Gasteiger partial charge in [0, 0.05) is 17.6 Å². The van der Waals surface area contributed by atoms with Gasteiger partial charge in [-0.25, -0.2) is 4.39 Å². The van der Waals surface area contributed by atoms with Crippen LogP contribution in [0.5, 0.6) is 5.75 Å². The predicted molar refractivity (Wildman–Crippen MR) is 116 cm³/mol. The molecule has 0 aliphatic rings. The average Bonchev–Trinajstić information content (AvgIpc) is 2.74. The molecule has 2 rings (SSSR count). The zero-order chi connectivity index (χ0) is 22.1. The van der Waals surface area contributed by atoms with Gasteiger partial charge in [0.25, 0.3) is 5.91 Å². The molecule has 162 valence electrons. The third kappa shape index (κ3) is 7.02. The lowest BCUT2D eigenvalue weighted by Gasteiger charge is -2.31. The second-order valence-electron chi connectivity index (χ2n) is 7.13. The SMILES string of the molecule is CC[C@H](C)NC(=O)[C@H](CC)N(Cc1ccc(Cl)cc1)C(=O)COc1ccc(F)cc1. The molecule has 2 aromatic rings. The van der Waals surface area contributed by atoms with Crippen molar-refractivity contribution in [2.45, 2.75) is 52.2 Å². The summed E-state index contributed by atoms with van der Waals surface area (Å²) in [5, 5.41) is 3.55. The second kappa shape index (κ2) is 11.6. The van der Waals surface area contributed by atoms with Crippen LogP contribution in [0.25, 0.3) is 0 Å². The highest BCUT2D eigenvalue weighted by Gasteiger charge is 2.29. The number of hydrogen-bond acceptors (Lipinski definition) is 3. The zero-order valence-corrected chi connectivity index (χ0v) is 18.3. The van der Waals surface area contributed by atoms with Crippen molar-refractivity contribution < 1.29 is 18.7 Å². The lowest BCUT2D eigenvalue weighted by molar-refractivity contribution is -0.143. The fourth-order valence-electron chi connectivity index (χ4n) is 2.91. The molecule has 5 nitrogen and oxygen atoms in total. The normalized spacial score (nSPS) is 12.7. The number of benzene rings is 2. The molecule has 0 aliphatic carbocycles. The van der Waals surface area contributed by atoms with E-state index in [1.54, 1.807) is 12.1 Å². The maximum atomic E-state index is 13.1. The van der Waals surface area contributed by atoms with Gasteiger partial charge in [0.05, 0.1) is 0 Å². The molecule has 7 heteroatoms.